The van der Waals surface area contributed by atoms with Crippen molar-refractivity contribution in [1.29, 1.82) is 0 Å². The molecule has 4 rings (SSSR count). The molecule has 1 aliphatic rings. The standard InChI is InChI=1S/C19H18N4O3/c24-12-9-11(10-12)16(15-7-3-4-8-20-15)22-18(25)17-13-5-1-2-6-14(13)21-19(26)23-17/h1-8,11-12,16,24H,9-10H2,(H,22,25)(H,21,23,26). The number of aliphatic hydroxyl groups excluding tert-OH is 1. The SMILES string of the molecule is O=C(NC(c1ccccn1)C1CC(O)C1)c1nc(=O)[nH]c2ccccc12. The highest BCUT2D eigenvalue weighted by molar-refractivity contribution is 6.04. The van der Waals surface area contributed by atoms with Crippen LogP contribution in [0.2, 0.25) is 0 Å². The van der Waals surface area contributed by atoms with Gasteiger partial charge in [0.2, 0.25) is 0 Å². The molecule has 7 heteroatoms. The number of hydrogen-bond acceptors (Lipinski definition) is 5. The molecule has 1 amide bonds. The van der Waals surface area contributed by atoms with Crippen molar-refractivity contribution < 1.29 is 9.90 Å². The lowest BCUT2D eigenvalue weighted by Gasteiger charge is -2.37. The molecule has 3 N–H and O–H groups in total. The van der Waals surface area contributed by atoms with Gasteiger partial charge in [-0.05, 0) is 37.0 Å². The van der Waals surface area contributed by atoms with Crippen molar-refractivity contribution in [2.24, 2.45) is 5.92 Å². The molecule has 0 spiro atoms. The predicted octanol–water partition coefficient (Wildman–Crippen LogP) is 1.56. The molecule has 2 heterocycles. The largest absolute Gasteiger partial charge is 0.393 e. The summed E-state index contributed by atoms with van der Waals surface area (Å²) in [4.78, 5) is 35.6. The van der Waals surface area contributed by atoms with Crippen LogP contribution in [0.1, 0.15) is 35.1 Å². The molecule has 3 aromatic rings. The fourth-order valence-electron chi connectivity index (χ4n) is 3.38. The summed E-state index contributed by atoms with van der Waals surface area (Å²) in [5.74, 6) is -0.332. The molecule has 0 radical (unpaired) electrons. The van der Waals surface area contributed by atoms with Crippen LogP contribution in [0, 0.1) is 5.92 Å². The molecule has 0 saturated heterocycles. The maximum absolute atomic E-state index is 12.9. The zero-order valence-corrected chi connectivity index (χ0v) is 13.9. The number of aliphatic hydroxyl groups is 1. The van der Waals surface area contributed by atoms with Crippen LogP contribution in [0.3, 0.4) is 0 Å². The number of carbonyl (C=O) groups excluding carboxylic acids is 1. The van der Waals surface area contributed by atoms with Crippen LogP contribution >= 0.6 is 0 Å². The zero-order chi connectivity index (χ0) is 18.1. The molecule has 1 atom stereocenters. The zero-order valence-electron chi connectivity index (χ0n) is 13.9. The summed E-state index contributed by atoms with van der Waals surface area (Å²) in [6, 6.07) is 12.2. The molecule has 7 nitrogen and oxygen atoms in total. The van der Waals surface area contributed by atoms with Crippen molar-refractivity contribution in [3.63, 3.8) is 0 Å². The fraction of sp³-hybridized carbons (Fsp3) is 0.263. The summed E-state index contributed by atoms with van der Waals surface area (Å²) in [6.07, 6.45) is 2.53. The highest BCUT2D eigenvalue weighted by Crippen LogP contribution is 2.37. The van der Waals surface area contributed by atoms with Crippen LogP contribution in [0.5, 0.6) is 0 Å². The van der Waals surface area contributed by atoms with Gasteiger partial charge in [0.15, 0.2) is 0 Å². The number of amides is 1. The Bertz CT molecular complexity index is 996. The first kappa shape index (κ1) is 16.4. The van der Waals surface area contributed by atoms with Gasteiger partial charge in [-0.3, -0.25) is 9.78 Å². The van der Waals surface area contributed by atoms with Gasteiger partial charge in [-0.1, -0.05) is 24.3 Å². The Balaban J connectivity index is 1.68. The number of nitrogens with one attached hydrogen (secondary N) is 2. The lowest BCUT2D eigenvalue weighted by atomic mass is 9.76. The van der Waals surface area contributed by atoms with Crippen molar-refractivity contribution in [3.05, 3.63) is 70.5 Å². The van der Waals surface area contributed by atoms with Crippen molar-refractivity contribution >= 4 is 16.8 Å². The van der Waals surface area contributed by atoms with Crippen LogP contribution in [0.4, 0.5) is 0 Å². The minimum Gasteiger partial charge on any atom is -0.393 e. The first-order valence-corrected chi connectivity index (χ1v) is 8.51. The van der Waals surface area contributed by atoms with Gasteiger partial charge in [-0.25, -0.2) is 4.79 Å². The van der Waals surface area contributed by atoms with Crippen molar-refractivity contribution in [3.8, 4) is 0 Å². The Hall–Kier alpha value is -3.06. The maximum Gasteiger partial charge on any atom is 0.346 e. The van der Waals surface area contributed by atoms with Gasteiger partial charge in [0.05, 0.1) is 23.4 Å². The Morgan fingerprint density at radius 2 is 1.96 bits per heavy atom. The highest BCUT2D eigenvalue weighted by atomic mass is 16.3. The second-order valence-electron chi connectivity index (χ2n) is 6.53. The average molecular weight is 350 g/mol. The minimum absolute atomic E-state index is 0.0881. The second kappa shape index (κ2) is 6.68. The fourth-order valence-corrected chi connectivity index (χ4v) is 3.38. The number of aromatic nitrogens is 3. The topological polar surface area (TPSA) is 108 Å². The number of aromatic amines is 1. The molecule has 1 fully saturated rings. The van der Waals surface area contributed by atoms with E-state index >= 15 is 0 Å². The summed E-state index contributed by atoms with van der Waals surface area (Å²) in [6.45, 7) is 0. The summed E-state index contributed by atoms with van der Waals surface area (Å²) >= 11 is 0. The Morgan fingerprint density at radius 1 is 1.19 bits per heavy atom. The third-order valence-electron chi connectivity index (χ3n) is 4.77. The van der Waals surface area contributed by atoms with E-state index in [1.54, 1.807) is 30.5 Å². The molecule has 1 aliphatic carbocycles. The molecular formula is C19H18N4O3. The summed E-state index contributed by atoms with van der Waals surface area (Å²) in [5.41, 5.74) is 0.811. The van der Waals surface area contributed by atoms with Gasteiger partial charge in [0.25, 0.3) is 5.91 Å². The number of carbonyl (C=O) groups is 1. The number of para-hydroxylation sites is 1. The molecule has 1 aromatic carbocycles. The van der Waals surface area contributed by atoms with Crippen molar-refractivity contribution in [2.75, 3.05) is 0 Å². The normalized spacial score (nSPS) is 20.3. The van der Waals surface area contributed by atoms with Gasteiger partial charge in [0.1, 0.15) is 5.69 Å². The quantitative estimate of drug-likeness (QED) is 0.662. The number of benzene rings is 1. The monoisotopic (exact) mass is 350 g/mol. The Morgan fingerprint density at radius 3 is 2.69 bits per heavy atom. The molecule has 1 unspecified atom stereocenters. The first-order chi connectivity index (χ1) is 12.6. The molecule has 26 heavy (non-hydrogen) atoms. The summed E-state index contributed by atoms with van der Waals surface area (Å²) in [7, 11) is 0. The van der Waals surface area contributed by atoms with Crippen LogP contribution in [0.15, 0.2) is 53.5 Å². The van der Waals surface area contributed by atoms with E-state index in [4.69, 9.17) is 0 Å². The van der Waals surface area contributed by atoms with Crippen LogP contribution in [0.25, 0.3) is 10.9 Å². The van der Waals surface area contributed by atoms with E-state index < -0.39 is 11.6 Å². The molecule has 132 valence electrons. The molecule has 0 aliphatic heterocycles. The lowest BCUT2D eigenvalue weighted by molar-refractivity contribution is 0.0228. The van der Waals surface area contributed by atoms with Crippen LogP contribution < -0.4 is 11.0 Å². The number of nitrogens with zero attached hydrogens (tertiary/aromatic N) is 2. The summed E-state index contributed by atoms with van der Waals surface area (Å²) < 4.78 is 0. The van der Waals surface area contributed by atoms with Gasteiger partial charge >= 0.3 is 5.69 Å². The molecular weight excluding hydrogens is 332 g/mol. The van der Waals surface area contributed by atoms with E-state index in [1.165, 1.54) is 0 Å². The smallest absolute Gasteiger partial charge is 0.346 e. The number of pyridine rings is 1. The first-order valence-electron chi connectivity index (χ1n) is 8.51. The van der Waals surface area contributed by atoms with Gasteiger partial charge in [-0.2, -0.15) is 4.98 Å². The highest BCUT2D eigenvalue weighted by Gasteiger charge is 2.36. The number of fused-ring (bicyclic) bond motifs is 1. The van der Waals surface area contributed by atoms with Crippen LogP contribution in [-0.2, 0) is 0 Å². The van der Waals surface area contributed by atoms with Crippen LogP contribution in [-0.4, -0.2) is 32.1 Å². The second-order valence-corrected chi connectivity index (χ2v) is 6.53. The van der Waals surface area contributed by atoms with Crippen molar-refractivity contribution in [1.82, 2.24) is 20.3 Å². The Labute approximate surface area is 149 Å². The Kier molecular flexibility index (Phi) is 4.22. The third-order valence-corrected chi connectivity index (χ3v) is 4.77. The lowest BCUT2D eigenvalue weighted by Crippen LogP contribution is -2.42. The van der Waals surface area contributed by atoms with E-state index in [2.05, 4.69) is 20.3 Å². The molecule has 2 aromatic heterocycles. The van der Waals surface area contributed by atoms with E-state index in [-0.39, 0.29) is 23.8 Å². The number of H-pyrrole nitrogens is 1. The molecule has 0 bridgehead atoms. The van der Waals surface area contributed by atoms with E-state index in [1.807, 2.05) is 18.2 Å². The van der Waals surface area contributed by atoms with E-state index in [9.17, 15) is 14.7 Å². The van der Waals surface area contributed by atoms with Gasteiger partial charge in [-0.15, -0.1) is 0 Å². The van der Waals surface area contributed by atoms with E-state index in [0.29, 0.717) is 23.7 Å². The van der Waals surface area contributed by atoms with Gasteiger partial charge in [0, 0.05) is 11.6 Å². The van der Waals surface area contributed by atoms with Crippen molar-refractivity contribution in [2.45, 2.75) is 25.0 Å². The molecule has 1 saturated carbocycles. The third kappa shape index (κ3) is 3.09. The predicted molar refractivity (Wildman–Crippen MR) is 95.5 cm³/mol. The summed E-state index contributed by atoms with van der Waals surface area (Å²) in [5, 5.41) is 13.2. The van der Waals surface area contributed by atoms with Gasteiger partial charge < -0.3 is 15.4 Å². The minimum atomic E-state index is -0.567. The maximum atomic E-state index is 12.9. The average Bonchev–Trinajstić information content (AvgIpc) is 2.63. The van der Waals surface area contributed by atoms with E-state index in [0.717, 1.165) is 5.69 Å². The number of hydrogen-bond donors (Lipinski definition) is 3. The number of rotatable bonds is 4.